The van der Waals surface area contributed by atoms with E-state index in [1.807, 2.05) is 13.8 Å². The Balaban J connectivity index is 2.58. The van der Waals surface area contributed by atoms with E-state index in [0.717, 1.165) is 4.43 Å². The minimum Gasteiger partial charge on any atom is -0.460 e. The van der Waals surface area contributed by atoms with Gasteiger partial charge in [-0.25, -0.2) is 0 Å². The number of cyclic esters (lactones) is 1. The third kappa shape index (κ3) is 0.952. The summed E-state index contributed by atoms with van der Waals surface area (Å²) in [7, 11) is 0. The topological polar surface area (TPSA) is 26.3 Å². The summed E-state index contributed by atoms with van der Waals surface area (Å²) >= 11 is 2.22. The molecule has 0 bridgehead atoms. The van der Waals surface area contributed by atoms with E-state index in [2.05, 4.69) is 22.6 Å². The number of rotatable bonds is 1. The molecule has 9 heavy (non-hydrogen) atoms. The highest BCUT2D eigenvalue weighted by atomic mass is 127. The van der Waals surface area contributed by atoms with Crippen molar-refractivity contribution in [3.63, 3.8) is 0 Å². The average molecular weight is 240 g/mol. The molecular formula is C6H9IO2. The van der Waals surface area contributed by atoms with Gasteiger partial charge in [-0.1, -0.05) is 22.6 Å². The van der Waals surface area contributed by atoms with Gasteiger partial charge >= 0.3 is 5.97 Å². The van der Waals surface area contributed by atoms with Crippen molar-refractivity contribution in [2.24, 2.45) is 5.41 Å². The zero-order valence-electron chi connectivity index (χ0n) is 5.48. The first kappa shape index (κ1) is 7.31. The molecule has 1 saturated heterocycles. The van der Waals surface area contributed by atoms with Crippen molar-refractivity contribution in [2.45, 2.75) is 20.0 Å². The minimum atomic E-state index is -0.221. The van der Waals surface area contributed by atoms with Crippen LogP contribution in [0.4, 0.5) is 0 Å². The van der Waals surface area contributed by atoms with E-state index >= 15 is 0 Å². The van der Waals surface area contributed by atoms with Gasteiger partial charge in [-0.05, 0) is 13.8 Å². The predicted octanol–water partition coefficient (Wildman–Crippen LogP) is 1.37. The van der Waals surface area contributed by atoms with Gasteiger partial charge in [0.2, 0.25) is 0 Å². The quantitative estimate of drug-likeness (QED) is 0.393. The molecule has 0 aromatic carbocycles. The van der Waals surface area contributed by atoms with E-state index in [1.54, 1.807) is 0 Å². The molecule has 1 atom stereocenters. The highest BCUT2D eigenvalue weighted by molar-refractivity contribution is 14.1. The summed E-state index contributed by atoms with van der Waals surface area (Å²) in [6.07, 6.45) is 0.144. The molecule has 0 aromatic rings. The standard InChI is InChI=1S/C6H9IO2/c1-6(2)4(3-7)9-5(6)8/h4H,3H2,1-2H3. The lowest BCUT2D eigenvalue weighted by atomic mass is 9.83. The maximum absolute atomic E-state index is 10.7. The van der Waals surface area contributed by atoms with Gasteiger partial charge < -0.3 is 4.74 Å². The third-order valence-electron chi connectivity index (χ3n) is 1.72. The van der Waals surface area contributed by atoms with Gasteiger partial charge in [0.05, 0.1) is 5.41 Å². The van der Waals surface area contributed by atoms with Crippen LogP contribution in [0.3, 0.4) is 0 Å². The molecule has 0 radical (unpaired) electrons. The molecule has 0 N–H and O–H groups in total. The molecule has 0 aliphatic carbocycles. The van der Waals surface area contributed by atoms with Crippen LogP contribution in [0.25, 0.3) is 0 Å². The van der Waals surface area contributed by atoms with Gasteiger partial charge in [-0.3, -0.25) is 4.79 Å². The summed E-state index contributed by atoms with van der Waals surface area (Å²) in [5, 5.41) is 0. The first-order valence-corrected chi connectivity index (χ1v) is 4.38. The van der Waals surface area contributed by atoms with Gasteiger partial charge in [0.1, 0.15) is 6.10 Å². The predicted molar refractivity (Wildman–Crippen MR) is 42.5 cm³/mol. The maximum Gasteiger partial charge on any atom is 0.315 e. The Morgan fingerprint density at radius 2 is 2.33 bits per heavy atom. The van der Waals surface area contributed by atoms with Gasteiger partial charge in [-0.15, -0.1) is 0 Å². The summed E-state index contributed by atoms with van der Waals surface area (Å²) < 4.78 is 5.76. The molecule has 1 aliphatic heterocycles. The van der Waals surface area contributed by atoms with Crippen LogP contribution >= 0.6 is 22.6 Å². The minimum absolute atomic E-state index is 0.0656. The van der Waals surface area contributed by atoms with Crippen LogP contribution in [0.5, 0.6) is 0 Å². The highest BCUT2D eigenvalue weighted by Gasteiger charge is 2.49. The van der Waals surface area contributed by atoms with Gasteiger partial charge in [0.25, 0.3) is 0 Å². The lowest BCUT2D eigenvalue weighted by Gasteiger charge is -2.40. The van der Waals surface area contributed by atoms with E-state index < -0.39 is 0 Å². The van der Waals surface area contributed by atoms with Crippen LogP contribution in [0.1, 0.15) is 13.8 Å². The summed E-state index contributed by atoms with van der Waals surface area (Å²) in [4.78, 5) is 10.7. The maximum atomic E-state index is 10.7. The first-order chi connectivity index (χ1) is 4.09. The SMILES string of the molecule is CC1(C)C(=O)OC1CI. The van der Waals surface area contributed by atoms with Gasteiger partial charge in [0.15, 0.2) is 0 Å². The second-order valence-electron chi connectivity index (χ2n) is 2.77. The number of carbonyl (C=O) groups excluding carboxylic acids is 1. The Morgan fingerprint density at radius 1 is 1.78 bits per heavy atom. The molecule has 3 heteroatoms. The smallest absolute Gasteiger partial charge is 0.315 e. The normalized spacial score (nSPS) is 31.0. The summed E-state index contributed by atoms with van der Waals surface area (Å²) in [5.41, 5.74) is -0.221. The van der Waals surface area contributed by atoms with Crippen molar-refractivity contribution < 1.29 is 9.53 Å². The lowest BCUT2D eigenvalue weighted by Crippen LogP contribution is -2.53. The zero-order chi connectivity index (χ0) is 7.07. The van der Waals surface area contributed by atoms with Gasteiger partial charge in [0, 0.05) is 4.43 Å². The average Bonchev–Trinajstić information content (AvgIpc) is 1.82. The van der Waals surface area contributed by atoms with E-state index in [9.17, 15) is 4.79 Å². The van der Waals surface area contributed by atoms with E-state index in [0.29, 0.717) is 0 Å². The molecule has 1 aliphatic rings. The highest BCUT2D eigenvalue weighted by Crippen LogP contribution is 2.36. The van der Waals surface area contributed by atoms with Crippen LogP contribution in [0.15, 0.2) is 0 Å². The van der Waals surface area contributed by atoms with Crippen molar-refractivity contribution in [2.75, 3.05) is 4.43 Å². The Morgan fingerprint density at radius 3 is 2.44 bits per heavy atom. The molecule has 0 amide bonds. The molecule has 2 nitrogen and oxygen atoms in total. The summed E-state index contributed by atoms with van der Waals surface area (Å²) in [6, 6.07) is 0. The monoisotopic (exact) mass is 240 g/mol. The Labute approximate surface area is 68.1 Å². The van der Waals surface area contributed by atoms with Crippen molar-refractivity contribution in [3.05, 3.63) is 0 Å². The van der Waals surface area contributed by atoms with Crippen molar-refractivity contribution in [1.29, 1.82) is 0 Å². The molecule has 1 rings (SSSR count). The van der Waals surface area contributed by atoms with E-state index in [4.69, 9.17) is 4.74 Å². The number of hydrogen-bond acceptors (Lipinski definition) is 2. The number of halogens is 1. The summed E-state index contributed by atoms with van der Waals surface area (Å²) in [6.45, 7) is 3.84. The fourth-order valence-electron chi connectivity index (χ4n) is 0.726. The third-order valence-corrected chi connectivity index (χ3v) is 2.52. The molecule has 1 fully saturated rings. The number of alkyl halides is 1. The molecule has 0 saturated carbocycles. The molecule has 0 aromatic heterocycles. The largest absolute Gasteiger partial charge is 0.460 e. The molecule has 1 heterocycles. The molecule has 52 valence electrons. The summed E-state index contributed by atoms with van der Waals surface area (Å²) in [5.74, 6) is -0.0656. The van der Waals surface area contributed by atoms with Crippen LogP contribution in [0, 0.1) is 5.41 Å². The van der Waals surface area contributed by atoms with Crippen molar-refractivity contribution >= 4 is 28.6 Å². The molecule has 0 spiro atoms. The van der Waals surface area contributed by atoms with E-state index in [1.165, 1.54) is 0 Å². The fourth-order valence-corrected chi connectivity index (χ4v) is 2.01. The van der Waals surface area contributed by atoms with Crippen LogP contribution in [0.2, 0.25) is 0 Å². The first-order valence-electron chi connectivity index (χ1n) is 2.86. The number of hydrogen-bond donors (Lipinski definition) is 0. The number of esters is 1. The Bertz CT molecular complexity index is 142. The van der Waals surface area contributed by atoms with Crippen molar-refractivity contribution in [1.82, 2.24) is 0 Å². The zero-order valence-corrected chi connectivity index (χ0v) is 7.64. The van der Waals surface area contributed by atoms with Gasteiger partial charge in [-0.2, -0.15) is 0 Å². The second-order valence-corrected chi connectivity index (χ2v) is 3.65. The number of ether oxygens (including phenoxy) is 1. The van der Waals surface area contributed by atoms with E-state index in [-0.39, 0.29) is 17.5 Å². The second kappa shape index (κ2) is 2.11. The fraction of sp³-hybridized carbons (Fsp3) is 0.833. The van der Waals surface area contributed by atoms with Crippen LogP contribution in [-0.2, 0) is 9.53 Å². The Hall–Kier alpha value is 0.200. The van der Waals surface area contributed by atoms with Crippen molar-refractivity contribution in [3.8, 4) is 0 Å². The Kier molecular flexibility index (Phi) is 1.71. The molecule has 1 unspecified atom stereocenters. The van der Waals surface area contributed by atoms with Crippen LogP contribution < -0.4 is 0 Å². The van der Waals surface area contributed by atoms with Crippen LogP contribution in [-0.4, -0.2) is 16.5 Å². The number of carbonyl (C=O) groups is 1. The molecular weight excluding hydrogens is 231 g/mol. The lowest BCUT2D eigenvalue weighted by molar-refractivity contribution is -0.196.